The molecule has 0 aromatic rings. The first kappa shape index (κ1) is 50.8. The summed E-state index contributed by atoms with van der Waals surface area (Å²) in [5.41, 5.74) is 0. The average Bonchev–Trinajstić information content (AvgIpc) is 3.15. The Bertz CT molecular complexity index is 926. The zero-order chi connectivity index (χ0) is 38.9. The first-order chi connectivity index (χ1) is 26.0. The van der Waals surface area contributed by atoms with E-state index in [9.17, 15) is 19.8 Å². The van der Waals surface area contributed by atoms with E-state index in [0.717, 1.165) is 77.0 Å². The zero-order valence-corrected chi connectivity index (χ0v) is 34.9. The van der Waals surface area contributed by atoms with Crippen molar-refractivity contribution in [1.82, 2.24) is 5.32 Å². The average molecular weight is 744 g/mol. The minimum atomic E-state index is -0.797. The van der Waals surface area contributed by atoms with E-state index in [1.807, 2.05) is 6.08 Å². The van der Waals surface area contributed by atoms with Crippen molar-refractivity contribution in [3.05, 3.63) is 48.6 Å². The van der Waals surface area contributed by atoms with Gasteiger partial charge in [-0.25, -0.2) is 0 Å². The highest BCUT2D eigenvalue weighted by Crippen LogP contribution is 2.16. The van der Waals surface area contributed by atoms with Crippen LogP contribution in [-0.2, 0) is 14.3 Å². The summed E-state index contributed by atoms with van der Waals surface area (Å²) in [7, 11) is 0. The molecule has 0 bridgehead atoms. The van der Waals surface area contributed by atoms with E-state index in [-0.39, 0.29) is 31.3 Å². The molecule has 0 radical (unpaired) electrons. The second kappa shape index (κ2) is 41.0. The van der Waals surface area contributed by atoms with E-state index in [2.05, 4.69) is 68.6 Å². The van der Waals surface area contributed by atoms with Crippen LogP contribution in [0.15, 0.2) is 48.6 Å². The SMILES string of the molecule is CC/C=C/C/C=C/CCCCCCCC(CC(=O)NC(CO)C(O)CCCCCCCCCCC)OC(=O)CC/C=C/C/C=C\CCCCCCCC. The lowest BCUT2D eigenvalue weighted by atomic mass is 10.0. The Morgan fingerprint density at radius 3 is 1.53 bits per heavy atom. The highest BCUT2D eigenvalue weighted by Gasteiger charge is 2.24. The fourth-order valence-electron chi connectivity index (χ4n) is 6.52. The van der Waals surface area contributed by atoms with Gasteiger partial charge in [-0.2, -0.15) is 0 Å². The molecule has 3 atom stereocenters. The van der Waals surface area contributed by atoms with Gasteiger partial charge < -0.3 is 20.3 Å². The van der Waals surface area contributed by atoms with E-state index in [1.54, 1.807) is 0 Å². The number of ether oxygens (including phenoxy) is 1. The Morgan fingerprint density at radius 1 is 0.566 bits per heavy atom. The van der Waals surface area contributed by atoms with Crippen LogP contribution in [0, 0.1) is 0 Å². The van der Waals surface area contributed by atoms with Crippen molar-refractivity contribution in [2.45, 2.75) is 232 Å². The standard InChI is InChI=1S/C47H85NO5/c1-4-7-10-13-16-19-21-23-25-28-31-34-37-40-47(52)53-43(38-35-32-29-27-24-22-20-17-14-11-8-5-2)41-46(51)48-44(42-49)45(50)39-36-33-30-26-18-15-12-9-6-3/h8,11,17,20,23,25,31,34,43-45,49-50H,4-7,9-10,12-16,18-19,21-22,24,26-30,32-33,35-42H2,1-3H3,(H,48,51)/b11-8+,20-17+,25-23-,34-31+. The van der Waals surface area contributed by atoms with Crippen molar-refractivity contribution >= 4 is 11.9 Å². The molecule has 6 nitrogen and oxygen atoms in total. The van der Waals surface area contributed by atoms with Crippen LogP contribution in [-0.4, -0.2) is 46.9 Å². The summed E-state index contributed by atoms with van der Waals surface area (Å²) < 4.78 is 5.85. The van der Waals surface area contributed by atoms with E-state index in [0.29, 0.717) is 19.3 Å². The number of aliphatic hydroxyl groups excluding tert-OH is 2. The van der Waals surface area contributed by atoms with Gasteiger partial charge in [-0.3, -0.25) is 9.59 Å². The van der Waals surface area contributed by atoms with E-state index < -0.39 is 18.2 Å². The molecule has 3 N–H and O–H groups in total. The third kappa shape index (κ3) is 36.6. The first-order valence-electron chi connectivity index (χ1n) is 22.4. The monoisotopic (exact) mass is 744 g/mol. The summed E-state index contributed by atoms with van der Waals surface area (Å²) >= 11 is 0. The Morgan fingerprint density at radius 2 is 1.02 bits per heavy atom. The van der Waals surface area contributed by atoms with Crippen LogP contribution in [0.4, 0.5) is 0 Å². The maximum absolute atomic E-state index is 13.1. The highest BCUT2D eigenvalue weighted by molar-refractivity contribution is 5.77. The molecule has 1 amide bonds. The van der Waals surface area contributed by atoms with Crippen molar-refractivity contribution in [3.63, 3.8) is 0 Å². The largest absolute Gasteiger partial charge is 0.462 e. The van der Waals surface area contributed by atoms with Gasteiger partial charge in [-0.15, -0.1) is 0 Å². The molecule has 0 aliphatic rings. The summed E-state index contributed by atoms with van der Waals surface area (Å²) in [4.78, 5) is 25.9. The van der Waals surface area contributed by atoms with Gasteiger partial charge >= 0.3 is 5.97 Å². The molecule has 53 heavy (non-hydrogen) atoms. The van der Waals surface area contributed by atoms with Crippen molar-refractivity contribution in [1.29, 1.82) is 0 Å². The van der Waals surface area contributed by atoms with Crippen LogP contribution in [0.3, 0.4) is 0 Å². The number of carbonyl (C=O) groups is 2. The van der Waals surface area contributed by atoms with Gasteiger partial charge in [0.15, 0.2) is 0 Å². The molecule has 308 valence electrons. The van der Waals surface area contributed by atoms with Crippen molar-refractivity contribution in [3.8, 4) is 0 Å². The Labute approximate surface area is 327 Å². The number of amides is 1. The van der Waals surface area contributed by atoms with Crippen molar-refractivity contribution < 1.29 is 24.5 Å². The van der Waals surface area contributed by atoms with Gasteiger partial charge in [-0.1, -0.05) is 179 Å². The second-order valence-corrected chi connectivity index (χ2v) is 15.1. The molecular formula is C47H85NO5. The second-order valence-electron chi connectivity index (χ2n) is 15.1. The molecule has 0 saturated carbocycles. The summed E-state index contributed by atoms with van der Waals surface area (Å²) in [5, 5.41) is 23.5. The minimum absolute atomic E-state index is 0.0451. The normalized spacial score (nSPS) is 13.8. The van der Waals surface area contributed by atoms with E-state index >= 15 is 0 Å². The van der Waals surface area contributed by atoms with Crippen LogP contribution in [0.1, 0.15) is 213 Å². The molecule has 0 aromatic carbocycles. The van der Waals surface area contributed by atoms with Crippen molar-refractivity contribution in [2.75, 3.05) is 6.61 Å². The summed E-state index contributed by atoms with van der Waals surface area (Å²) in [6, 6.07) is -0.713. The maximum Gasteiger partial charge on any atom is 0.306 e. The third-order valence-electron chi connectivity index (χ3n) is 9.91. The third-order valence-corrected chi connectivity index (χ3v) is 9.91. The number of esters is 1. The van der Waals surface area contributed by atoms with E-state index in [1.165, 1.54) is 83.5 Å². The van der Waals surface area contributed by atoms with Gasteiger partial charge in [0.25, 0.3) is 0 Å². The van der Waals surface area contributed by atoms with E-state index in [4.69, 9.17) is 4.74 Å². The molecule has 0 aliphatic heterocycles. The molecule has 0 aromatic heterocycles. The van der Waals surface area contributed by atoms with Crippen LogP contribution >= 0.6 is 0 Å². The Kier molecular flexibility index (Phi) is 39.3. The van der Waals surface area contributed by atoms with Gasteiger partial charge in [0, 0.05) is 6.42 Å². The number of hydrogen-bond acceptors (Lipinski definition) is 5. The molecule has 0 saturated heterocycles. The lowest BCUT2D eigenvalue weighted by Crippen LogP contribution is -2.46. The van der Waals surface area contributed by atoms with Crippen LogP contribution < -0.4 is 5.32 Å². The van der Waals surface area contributed by atoms with Gasteiger partial charge in [-0.05, 0) is 70.6 Å². The summed E-state index contributed by atoms with van der Waals surface area (Å²) in [6.45, 7) is 6.31. The molecule has 0 fully saturated rings. The predicted octanol–water partition coefficient (Wildman–Crippen LogP) is 12.7. The molecule has 3 unspecified atom stereocenters. The first-order valence-corrected chi connectivity index (χ1v) is 22.4. The summed E-state index contributed by atoms with van der Waals surface area (Å²) in [6.07, 6.45) is 47.5. The number of nitrogens with one attached hydrogen (secondary N) is 1. The smallest absolute Gasteiger partial charge is 0.306 e. The lowest BCUT2D eigenvalue weighted by molar-refractivity contribution is -0.150. The number of hydrogen-bond donors (Lipinski definition) is 3. The number of aliphatic hydroxyl groups is 2. The van der Waals surface area contributed by atoms with Gasteiger partial charge in [0.05, 0.1) is 25.2 Å². The quantitative estimate of drug-likeness (QED) is 0.0331. The number of rotatable bonds is 39. The van der Waals surface area contributed by atoms with Crippen LogP contribution in [0.5, 0.6) is 0 Å². The minimum Gasteiger partial charge on any atom is -0.462 e. The van der Waals surface area contributed by atoms with Gasteiger partial charge in [0.1, 0.15) is 6.10 Å². The molecule has 0 aliphatic carbocycles. The Hall–Kier alpha value is -2.18. The molecule has 0 heterocycles. The van der Waals surface area contributed by atoms with Gasteiger partial charge in [0.2, 0.25) is 5.91 Å². The van der Waals surface area contributed by atoms with Crippen LogP contribution in [0.25, 0.3) is 0 Å². The topological polar surface area (TPSA) is 95.9 Å². The fourth-order valence-corrected chi connectivity index (χ4v) is 6.52. The molecular weight excluding hydrogens is 659 g/mol. The lowest BCUT2D eigenvalue weighted by Gasteiger charge is -2.24. The number of allylic oxidation sites excluding steroid dienone is 8. The molecule has 0 spiro atoms. The molecule has 0 rings (SSSR count). The zero-order valence-electron chi connectivity index (χ0n) is 34.9. The Balaban J connectivity index is 4.70. The fraction of sp³-hybridized carbons (Fsp3) is 0.787. The van der Waals surface area contributed by atoms with Crippen LogP contribution in [0.2, 0.25) is 0 Å². The van der Waals surface area contributed by atoms with Crippen molar-refractivity contribution in [2.24, 2.45) is 0 Å². The predicted molar refractivity (Wildman–Crippen MR) is 227 cm³/mol. The maximum atomic E-state index is 13.1. The highest BCUT2D eigenvalue weighted by atomic mass is 16.5. The number of unbranched alkanes of at least 4 members (excludes halogenated alkanes) is 19. The summed E-state index contributed by atoms with van der Waals surface area (Å²) in [5.74, 6) is -0.572. The number of carbonyl (C=O) groups excluding carboxylic acids is 2. The molecule has 6 heteroatoms.